The molecule has 0 amide bonds. The Balaban J connectivity index is 1.58. The largest absolute Gasteiger partial charge is 0.564 e. The maximum absolute atomic E-state index is 12.9. The van der Waals surface area contributed by atoms with Crippen molar-refractivity contribution < 1.29 is 9.45 Å². The van der Waals surface area contributed by atoms with Gasteiger partial charge >= 0.3 is 7.48 Å². The van der Waals surface area contributed by atoms with Gasteiger partial charge in [0.05, 0.1) is 0 Å². The molecule has 3 nitrogen and oxygen atoms in total. The molecule has 0 spiro atoms. The summed E-state index contributed by atoms with van der Waals surface area (Å²) in [7, 11) is 0.505. The maximum atomic E-state index is 12.9. The highest BCUT2D eigenvalue weighted by Gasteiger charge is 2.13. The van der Waals surface area contributed by atoms with Gasteiger partial charge in [0.15, 0.2) is 5.78 Å². The third-order valence-electron chi connectivity index (χ3n) is 5.52. The monoisotopic (exact) mass is 461 g/mol. The summed E-state index contributed by atoms with van der Waals surface area (Å²) in [5.74, 6) is 0.562. The molecule has 5 heteroatoms. The van der Waals surface area contributed by atoms with E-state index in [-0.39, 0.29) is 5.78 Å². The van der Waals surface area contributed by atoms with Crippen LogP contribution in [0.4, 0.5) is 5.69 Å². The number of benzene rings is 3. The zero-order chi connectivity index (χ0) is 20.9. The van der Waals surface area contributed by atoms with Crippen molar-refractivity contribution in [1.82, 2.24) is 0 Å². The molecule has 0 radical (unpaired) electrons. The highest BCUT2D eigenvalue weighted by Crippen LogP contribution is 2.26. The van der Waals surface area contributed by atoms with Crippen LogP contribution in [0.15, 0.2) is 71.2 Å². The summed E-state index contributed by atoms with van der Waals surface area (Å²) >= 11 is 3.51. The van der Waals surface area contributed by atoms with Gasteiger partial charge in [-0.05, 0) is 72.5 Å². The average Bonchev–Trinajstić information content (AvgIpc) is 2.79. The van der Waals surface area contributed by atoms with Crippen molar-refractivity contribution in [2.75, 3.05) is 18.0 Å². The Labute approximate surface area is 187 Å². The average molecular weight is 462 g/mol. The Morgan fingerprint density at radius 3 is 2.33 bits per heavy atom. The van der Waals surface area contributed by atoms with E-state index in [4.69, 9.17) is 4.65 Å². The number of rotatable bonds is 6. The maximum Gasteiger partial charge on any atom is 0.336 e. The van der Waals surface area contributed by atoms with Crippen LogP contribution in [0.1, 0.15) is 35.2 Å². The number of halogens is 1. The first-order chi connectivity index (χ1) is 14.6. The molecule has 0 unspecified atom stereocenters. The molecule has 4 rings (SSSR count). The Kier molecular flexibility index (Phi) is 6.58. The highest BCUT2D eigenvalue weighted by molar-refractivity contribution is 9.10. The quantitative estimate of drug-likeness (QED) is 0.188. The van der Waals surface area contributed by atoms with Gasteiger partial charge in [-0.2, -0.15) is 0 Å². The summed E-state index contributed by atoms with van der Waals surface area (Å²) in [6.07, 6.45) is 5.40. The smallest absolute Gasteiger partial charge is 0.336 e. The SMILES string of the molecule is CBO/C(=C\C(=O)c1ccc(N2CCCCC2)cc1)c1ccc2cc(Br)ccc2c1. The van der Waals surface area contributed by atoms with Crippen LogP contribution < -0.4 is 4.90 Å². The van der Waals surface area contributed by atoms with E-state index in [1.54, 1.807) is 6.08 Å². The Hall–Kier alpha value is -2.53. The molecule has 0 atom stereocenters. The molecule has 1 aliphatic rings. The number of carbonyl (C=O) groups excluding carboxylic acids is 1. The van der Waals surface area contributed by atoms with Crippen LogP contribution in [0, 0.1) is 0 Å². The molecule has 0 N–H and O–H groups in total. The first kappa shape index (κ1) is 20.7. The van der Waals surface area contributed by atoms with E-state index in [9.17, 15) is 4.79 Å². The summed E-state index contributed by atoms with van der Waals surface area (Å²) in [5.41, 5.74) is 2.78. The van der Waals surface area contributed by atoms with Gasteiger partial charge in [-0.15, -0.1) is 0 Å². The molecule has 152 valence electrons. The number of carbonyl (C=O) groups is 1. The second-order valence-electron chi connectivity index (χ2n) is 7.61. The lowest BCUT2D eigenvalue weighted by molar-refractivity contribution is 0.104. The highest BCUT2D eigenvalue weighted by atomic mass is 79.9. The van der Waals surface area contributed by atoms with E-state index >= 15 is 0 Å². The molecular formula is C25H25BBrNO2. The van der Waals surface area contributed by atoms with E-state index in [2.05, 4.69) is 57.2 Å². The van der Waals surface area contributed by atoms with Crippen LogP contribution >= 0.6 is 15.9 Å². The van der Waals surface area contributed by atoms with Crippen LogP contribution in [-0.4, -0.2) is 26.4 Å². The minimum absolute atomic E-state index is 0.0421. The molecule has 1 fully saturated rings. The van der Waals surface area contributed by atoms with Crippen LogP contribution in [0.2, 0.25) is 6.82 Å². The molecule has 3 aromatic carbocycles. The summed E-state index contributed by atoms with van der Waals surface area (Å²) < 4.78 is 6.88. The van der Waals surface area contributed by atoms with Crippen LogP contribution in [-0.2, 0) is 4.65 Å². The van der Waals surface area contributed by atoms with Crippen molar-refractivity contribution in [1.29, 1.82) is 0 Å². The van der Waals surface area contributed by atoms with E-state index in [1.165, 1.54) is 24.9 Å². The summed E-state index contributed by atoms with van der Waals surface area (Å²) in [5, 5.41) is 2.25. The van der Waals surface area contributed by atoms with Crippen LogP contribution in [0.5, 0.6) is 0 Å². The topological polar surface area (TPSA) is 29.5 Å². The van der Waals surface area contributed by atoms with Gasteiger partial charge < -0.3 is 9.55 Å². The van der Waals surface area contributed by atoms with Crippen molar-refractivity contribution in [2.45, 2.75) is 26.1 Å². The van der Waals surface area contributed by atoms with E-state index < -0.39 is 0 Å². The third-order valence-corrected chi connectivity index (χ3v) is 6.02. The number of ketones is 1. The second-order valence-corrected chi connectivity index (χ2v) is 8.52. The second kappa shape index (κ2) is 9.52. The zero-order valence-electron chi connectivity index (χ0n) is 17.2. The lowest BCUT2D eigenvalue weighted by Gasteiger charge is -2.28. The Morgan fingerprint density at radius 2 is 1.60 bits per heavy atom. The molecule has 3 aromatic rings. The molecule has 0 bridgehead atoms. The van der Waals surface area contributed by atoms with Gasteiger partial charge in [-0.25, -0.2) is 0 Å². The predicted octanol–water partition coefficient (Wildman–Crippen LogP) is 6.23. The molecule has 1 saturated heterocycles. The fraction of sp³-hybridized carbons (Fsp3) is 0.240. The minimum atomic E-state index is -0.0421. The van der Waals surface area contributed by atoms with Gasteiger partial charge in [-0.3, -0.25) is 4.79 Å². The number of anilines is 1. The standard InChI is InChI=1S/C25H25BBrNO2/c1-26-30-25(21-6-5-20-16-22(27)10-7-19(20)15-21)17-24(29)18-8-11-23(12-9-18)28-13-3-2-4-14-28/h5-12,15-17,26H,2-4,13-14H2,1H3/b25-17-. The number of fused-ring (bicyclic) bond motifs is 1. The number of piperidine rings is 1. The van der Waals surface area contributed by atoms with Gasteiger partial charge in [0.2, 0.25) is 0 Å². The van der Waals surface area contributed by atoms with Gasteiger partial charge in [0.25, 0.3) is 0 Å². The Morgan fingerprint density at radius 1 is 0.933 bits per heavy atom. The zero-order valence-corrected chi connectivity index (χ0v) is 18.8. The minimum Gasteiger partial charge on any atom is -0.564 e. The summed E-state index contributed by atoms with van der Waals surface area (Å²) in [6, 6.07) is 20.2. The summed E-state index contributed by atoms with van der Waals surface area (Å²) in [6.45, 7) is 4.13. The first-order valence-corrected chi connectivity index (χ1v) is 11.4. The molecule has 1 heterocycles. The van der Waals surface area contributed by atoms with Gasteiger partial charge in [0, 0.05) is 40.5 Å². The number of hydrogen-bond donors (Lipinski definition) is 0. The fourth-order valence-electron chi connectivity index (χ4n) is 3.92. The van der Waals surface area contributed by atoms with E-state index in [0.29, 0.717) is 18.8 Å². The fourth-order valence-corrected chi connectivity index (χ4v) is 4.30. The van der Waals surface area contributed by atoms with E-state index in [1.807, 2.05) is 31.1 Å². The molecule has 0 aromatic heterocycles. The lowest BCUT2D eigenvalue weighted by atomic mass is 10.0. The van der Waals surface area contributed by atoms with Gasteiger partial charge in [-0.1, -0.05) is 41.0 Å². The number of allylic oxidation sites excluding steroid dienone is 1. The van der Waals surface area contributed by atoms with Crippen molar-refractivity contribution in [2.24, 2.45) is 0 Å². The van der Waals surface area contributed by atoms with Crippen molar-refractivity contribution in [3.63, 3.8) is 0 Å². The predicted molar refractivity (Wildman–Crippen MR) is 131 cm³/mol. The van der Waals surface area contributed by atoms with Crippen LogP contribution in [0.3, 0.4) is 0 Å². The normalized spacial score (nSPS) is 14.6. The molecule has 0 aliphatic carbocycles. The molecule has 0 saturated carbocycles. The van der Waals surface area contributed by atoms with E-state index in [0.717, 1.165) is 33.9 Å². The number of nitrogens with zero attached hydrogens (tertiary/aromatic N) is 1. The third kappa shape index (κ3) is 4.78. The first-order valence-electron chi connectivity index (χ1n) is 10.6. The number of hydrogen-bond acceptors (Lipinski definition) is 3. The summed E-state index contributed by atoms with van der Waals surface area (Å²) in [4.78, 5) is 15.3. The lowest BCUT2D eigenvalue weighted by Crippen LogP contribution is -2.29. The van der Waals surface area contributed by atoms with Gasteiger partial charge in [0.1, 0.15) is 5.76 Å². The van der Waals surface area contributed by atoms with Crippen LogP contribution in [0.25, 0.3) is 16.5 Å². The van der Waals surface area contributed by atoms with Crippen molar-refractivity contribution in [3.05, 3.63) is 82.3 Å². The molecular weight excluding hydrogens is 437 g/mol. The molecule has 30 heavy (non-hydrogen) atoms. The molecule has 1 aliphatic heterocycles. The van der Waals surface area contributed by atoms with Crippen molar-refractivity contribution >= 4 is 51.4 Å². The Bertz CT molecular complexity index is 1070. The van der Waals surface area contributed by atoms with Crippen molar-refractivity contribution in [3.8, 4) is 0 Å².